The number of aromatic nitrogens is 1. The molecule has 1 aliphatic carbocycles. The number of rotatable bonds is 0. The fraction of sp³-hybridized carbons (Fsp3) is 0.167. The lowest BCUT2D eigenvalue weighted by atomic mass is 10.1. The predicted octanol–water partition coefficient (Wildman–Crippen LogP) is 1.73. The van der Waals surface area contributed by atoms with E-state index < -0.39 is 5.76 Å². The van der Waals surface area contributed by atoms with Gasteiger partial charge in [-0.05, 0) is 36.3 Å². The van der Waals surface area contributed by atoms with Crippen molar-refractivity contribution in [3.8, 4) is 0 Å². The third-order valence-corrected chi connectivity index (χ3v) is 2.97. The van der Waals surface area contributed by atoms with E-state index in [1.54, 1.807) is 19.2 Å². The zero-order valence-electron chi connectivity index (χ0n) is 8.90. The topological polar surface area (TPSA) is 52.2 Å². The van der Waals surface area contributed by atoms with Gasteiger partial charge in [-0.2, -0.15) is 0 Å². The standard InChI is InChI=1S/C12H9NO3/c1-6-3-10(14)8-5-11-9(4-7(6)8)13(2)12(15)16-11/h3-5H,1-2H3. The maximum Gasteiger partial charge on any atom is 0.419 e. The zero-order valence-corrected chi connectivity index (χ0v) is 8.90. The van der Waals surface area contributed by atoms with Crippen molar-refractivity contribution in [3.05, 3.63) is 39.9 Å². The first-order valence-electron chi connectivity index (χ1n) is 4.94. The molecule has 4 heteroatoms. The maximum atomic E-state index is 11.6. The van der Waals surface area contributed by atoms with Crippen LogP contribution in [0.25, 0.3) is 16.7 Å². The van der Waals surface area contributed by atoms with Gasteiger partial charge in [-0.15, -0.1) is 0 Å². The van der Waals surface area contributed by atoms with Crippen LogP contribution in [0.1, 0.15) is 22.8 Å². The van der Waals surface area contributed by atoms with Crippen molar-refractivity contribution in [2.45, 2.75) is 6.92 Å². The van der Waals surface area contributed by atoms with Gasteiger partial charge in [0.15, 0.2) is 11.4 Å². The summed E-state index contributed by atoms with van der Waals surface area (Å²) < 4.78 is 6.48. The smallest absolute Gasteiger partial charge is 0.408 e. The first kappa shape index (κ1) is 9.15. The van der Waals surface area contributed by atoms with Crippen LogP contribution in [0.15, 0.2) is 27.4 Å². The van der Waals surface area contributed by atoms with Crippen molar-refractivity contribution in [3.63, 3.8) is 0 Å². The maximum absolute atomic E-state index is 11.6. The number of benzene rings is 1. The van der Waals surface area contributed by atoms with Gasteiger partial charge in [-0.1, -0.05) is 0 Å². The fourth-order valence-electron chi connectivity index (χ4n) is 2.06. The summed E-state index contributed by atoms with van der Waals surface area (Å²) in [6.07, 6.45) is 1.60. The van der Waals surface area contributed by atoms with Crippen molar-refractivity contribution >= 4 is 22.5 Å². The Morgan fingerprint density at radius 2 is 1.94 bits per heavy atom. The second-order valence-corrected chi connectivity index (χ2v) is 3.98. The Labute approximate surface area is 90.8 Å². The fourth-order valence-corrected chi connectivity index (χ4v) is 2.06. The molecule has 80 valence electrons. The van der Waals surface area contributed by atoms with Crippen LogP contribution in [-0.4, -0.2) is 10.4 Å². The summed E-state index contributed by atoms with van der Waals surface area (Å²) in [6.45, 7) is 1.88. The zero-order chi connectivity index (χ0) is 11.4. The molecule has 0 fully saturated rings. The van der Waals surface area contributed by atoms with Crippen LogP contribution >= 0.6 is 0 Å². The van der Waals surface area contributed by atoms with Crippen LogP contribution in [0.3, 0.4) is 0 Å². The molecule has 4 nitrogen and oxygen atoms in total. The molecule has 16 heavy (non-hydrogen) atoms. The number of fused-ring (bicyclic) bond motifs is 2. The Kier molecular flexibility index (Phi) is 1.56. The number of allylic oxidation sites excluding steroid dienone is 2. The minimum absolute atomic E-state index is 0.0269. The van der Waals surface area contributed by atoms with Gasteiger partial charge in [0.25, 0.3) is 0 Å². The molecule has 0 aliphatic heterocycles. The Morgan fingerprint density at radius 1 is 1.19 bits per heavy atom. The quantitative estimate of drug-likeness (QED) is 0.672. The first-order chi connectivity index (χ1) is 7.58. The van der Waals surface area contributed by atoms with E-state index in [2.05, 4.69) is 0 Å². The average molecular weight is 215 g/mol. The third kappa shape index (κ3) is 0.984. The van der Waals surface area contributed by atoms with E-state index in [0.29, 0.717) is 16.7 Å². The van der Waals surface area contributed by atoms with Crippen LogP contribution in [0.4, 0.5) is 0 Å². The lowest BCUT2D eigenvalue weighted by Crippen LogP contribution is -2.08. The van der Waals surface area contributed by atoms with E-state index in [1.807, 2.05) is 13.0 Å². The summed E-state index contributed by atoms with van der Waals surface area (Å²) in [5.41, 5.74) is 3.60. The molecule has 0 radical (unpaired) electrons. The molecule has 3 rings (SSSR count). The SMILES string of the molecule is CC1=CC(=O)c2cc3oc(=O)n(C)c3cc21. The summed E-state index contributed by atoms with van der Waals surface area (Å²) >= 11 is 0. The van der Waals surface area contributed by atoms with Gasteiger partial charge < -0.3 is 4.42 Å². The van der Waals surface area contributed by atoms with E-state index >= 15 is 0 Å². The van der Waals surface area contributed by atoms with E-state index in [1.165, 1.54) is 4.57 Å². The van der Waals surface area contributed by atoms with E-state index in [0.717, 1.165) is 11.1 Å². The molecule has 2 aromatic rings. The largest absolute Gasteiger partial charge is 0.419 e. The van der Waals surface area contributed by atoms with E-state index in [9.17, 15) is 9.59 Å². The van der Waals surface area contributed by atoms with Crippen LogP contribution < -0.4 is 5.76 Å². The highest BCUT2D eigenvalue weighted by Gasteiger charge is 2.21. The van der Waals surface area contributed by atoms with Gasteiger partial charge in [0.05, 0.1) is 5.52 Å². The average Bonchev–Trinajstić information content (AvgIpc) is 2.67. The molecule has 0 unspecified atom stereocenters. The number of oxazole rings is 1. The molecule has 0 saturated heterocycles. The molecular formula is C12H9NO3. The minimum atomic E-state index is -0.409. The Bertz CT molecular complexity index is 716. The van der Waals surface area contributed by atoms with Crippen LogP contribution in [0, 0.1) is 0 Å². The van der Waals surface area contributed by atoms with Gasteiger partial charge in [0.1, 0.15) is 0 Å². The van der Waals surface area contributed by atoms with Gasteiger partial charge in [-0.3, -0.25) is 9.36 Å². The van der Waals surface area contributed by atoms with Gasteiger partial charge in [0.2, 0.25) is 0 Å². The number of carbonyl (C=O) groups excluding carboxylic acids is 1. The molecule has 1 aliphatic rings. The van der Waals surface area contributed by atoms with E-state index in [4.69, 9.17) is 4.42 Å². The lowest BCUT2D eigenvalue weighted by Gasteiger charge is -2.00. The second kappa shape index (κ2) is 2.72. The van der Waals surface area contributed by atoms with Gasteiger partial charge >= 0.3 is 5.76 Å². The molecule has 1 heterocycles. The Hall–Kier alpha value is -2.10. The normalized spacial score (nSPS) is 14.4. The lowest BCUT2D eigenvalue weighted by molar-refractivity contribution is 0.105. The van der Waals surface area contributed by atoms with Crippen molar-refractivity contribution in [1.82, 2.24) is 4.57 Å². The molecule has 0 N–H and O–H groups in total. The van der Waals surface area contributed by atoms with Crippen LogP contribution in [0.2, 0.25) is 0 Å². The molecule has 0 saturated carbocycles. The number of hydrogen-bond donors (Lipinski definition) is 0. The molecule has 1 aromatic carbocycles. The number of ketones is 1. The van der Waals surface area contributed by atoms with Crippen molar-refractivity contribution in [2.24, 2.45) is 7.05 Å². The summed E-state index contributed by atoms with van der Waals surface area (Å²) in [5, 5.41) is 0. The molecule has 0 spiro atoms. The summed E-state index contributed by atoms with van der Waals surface area (Å²) in [5.74, 6) is -0.436. The highest BCUT2D eigenvalue weighted by atomic mass is 16.4. The number of nitrogens with zero attached hydrogens (tertiary/aromatic N) is 1. The summed E-state index contributed by atoms with van der Waals surface area (Å²) in [7, 11) is 1.65. The Morgan fingerprint density at radius 3 is 2.69 bits per heavy atom. The third-order valence-electron chi connectivity index (χ3n) is 2.97. The van der Waals surface area contributed by atoms with Crippen molar-refractivity contribution < 1.29 is 9.21 Å². The minimum Gasteiger partial charge on any atom is -0.408 e. The van der Waals surface area contributed by atoms with Gasteiger partial charge in [-0.25, -0.2) is 4.79 Å². The monoisotopic (exact) mass is 215 g/mol. The second-order valence-electron chi connectivity index (χ2n) is 3.98. The highest BCUT2D eigenvalue weighted by Crippen LogP contribution is 2.30. The number of carbonyl (C=O) groups is 1. The van der Waals surface area contributed by atoms with Gasteiger partial charge in [0, 0.05) is 12.6 Å². The first-order valence-corrected chi connectivity index (χ1v) is 4.94. The summed E-state index contributed by atoms with van der Waals surface area (Å²) in [6, 6.07) is 3.47. The number of aryl methyl sites for hydroxylation is 1. The van der Waals surface area contributed by atoms with Crippen molar-refractivity contribution in [1.29, 1.82) is 0 Å². The van der Waals surface area contributed by atoms with Crippen LogP contribution in [0.5, 0.6) is 0 Å². The molecule has 0 amide bonds. The molecule has 1 aromatic heterocycles. The molecule has 0 bridgehead atoms. The number of hydrogen-bond acceptors (Lipinski definition) is 3. The van der Waals surface area contributed by atoms with Crippen LogP contribution in [-0.2, 0) is 7.05 Å². The Balaban J connectivity index is 2.47. The molecule has 0 atom stereocenters. The van der Waals surface area contributed by atoms with Crippen molar-refractivity contribution in [2.75, 3.05) is 0 Å². The predicted molar refractivity (Wildman–Crippen MR) is 59.4 cm³/mol. The highest BCUT2D eigenvalue weighted by molar-refractivity contribution is 6.17. The summed E-state index contributed by atoms with van der Waals surface area (Å²) in [4.78, 5) is 22.9. The molecular weight excluding hydrogens is 206 g/mol. The van der Waals surface area contributed by atoms with E-state index in [-0.39, 0.29) is 5.78 Å².